The average Bonchev–Trinajstić information content (AvgIpc) is 2.76. The molecule has 0 fully saturated rings. The molecule has 2 heterocycles. The average molecular weight is 325 g/mol. The first kappa shape index (κ1) is 11.6. The van der Waals surface area contributed by atoms with Crippen LogP contribution < -0.4 is 4.74 Å². The van der Waals surface area contributed by atoms with Crippen molar-refractivity contribution in [2.75, 3.05) is 0 Å². The van der Waals surface area contributed by atoms with Gasteiger partial charge in [-0.1, -0.05) is 15.9 Å². The standard InChI is InChI=1S/C12H6BrFN2OS/c13-7-3-8(14)5-9(4-7)17-12-11-10(1-2-18-11)15-6-16-12/h1-6H. The van der Waals surface area contributed by atoms with Crippen molar-refractivity contribution >= 4 is 37.5 Å². The molecule has 0 aliphatic carbocycles. The predicted octanol–water partition coefficient (Wildman–Crippen LogP) is 4.39. The molecule has 0 spiro atoms. The van der Waals surface area contributed by atoms with Gasteiger partial charge < -0.3 is 4.74 Å². The summed E-state index contributed by atoms with van der Waals surface area (Å²) in [6, 6.07) is 6.25. The predicted molar refractivity (Wildman–Crippen MR) is 71.6 cm³/mol. The molecule has 2 aromatic heterocycles. The minimum atomic E-state index is -0.365. The van der Waals surface area contributed by atoms with E-state index in [4.69, 9.17) is 4.74 Å². The lowest BCUT2D eigenvalue weighted by atomic mass is 10.3. The Bertz CT molecular complexity index is 696. The first-order valence-corrected chi connectivity index (χ1v) is 6.72. The highest BCUT2D eigenvalue weighted by molar-refractivity contribution is 9.10. The van der Waals surface area contributed by atoms with Gasteiger partial charge in [-0.05, 0) is 23.6 Å². The van der Waals surface area contributed by atoms with Gasteiger partial charge in [0.15, 0.2) is 0 Å². The maximum absolute atomic E-state index is 13.2. The van der Waals surface area contributed by atoms with Crippen LogP contribution in [0.1, 0.15) is 0 Å². The Morgan fingerprint density at radius 3 is 2.94 bits per heavy atom. The quantitative estimate of drug-likeness (QED) is 0.701. The van der Waals surface area contributed by atoms with E-state index in [9.17, 15) is 4.39 Å². The summed E-state index contributed by atoms with van der Waals surface area (Å²) >= 11 is 4.70. The van der Waals surface area contributed by atoms with Gasteiger partial charge in [0.05, 0.1) is 5.52 Å². The number of aromatic nitrogens is 2. The SMILES string of the molecule is Fc1cc(Br)cc(Oc2ncnc3ccsc23)c1. The van der Waals surface area contributed by atoms with E-state index in [1.807, 2.05) is 11.4 Å². The fourth-order valence-electron chi connectivity index (χ4n) is 1.54. The molecule has 0 aliphatic heterocycles. The number of nitrogens with zero attached hydrogens (tertiary/aromatic N) is 2. The van der Waals surface area contributed by atoms with Crippen molar-refractivity contribution in [1.29, 1.82) is 0 Å². The summed E-state index contributed by atoms with van der Waals surface area (Å²) in [5.74, 6) is 0.471. The van der Waals surface area contributed by atoms with Crippen LogP contribution in [-0.2, 0) is 0 Å². The zero-order chi connectivity index (χ0) is 12.5. The number of fused-ring (bicyclic) bond motifs is 1. The largest absolute Gasteiger partial charge is 0.437 e. The van der Waals surface area contributed by atoms with Gasteiger partial charge in [0.2, 0.25) is 5.88 Å². The van der Waals surface area contributed by atoms with E-state index >= 15 is 0 Å². The molecule has 18 heavy (non-hydrogen) atoms. The monoisotopic (exact) mass is 324 g/mol. The maximum Gasteiger partial charge on any atom is 0.240 e. The highest BCUT2D eigenvalue weighted by Gasteiger charge is 2.08. The minimum Gasteiger partial charge on any atom is -0.437 e. The molecule has 0 atom stereocenters. The van der Waals surface area contributed by atoms with E-state index in [-0.39, 0.29) is 5.82 Å². The molecule has 3 aromatic rings. The number of thiophene rings is 1. The number of rotatable bonds is 2. The highest BCUT2D eigenvalue weighted by atomic mass is 79.9. The summed E-state index contributed by atoms with van der Waals surface area (Å²) in [6.45, 7) is 0. The van der Waals surface area contributed by atoms with E-state index in [2.05, 4.69) is 25.9 Å². The summed E-state index contributed by atoms with van der Waals surface area (Å²) in [5, 5.41) is 1.91. The minimum absolute atomic E-state index is 0.365. The van der Waals surface area contributed by atoms with Crippen molar-refractivity contribution in [3.8, 4) is 11.6 Å². The third-order valence-corrected chi connectivity index (χ3v) is 3.61. The van der Waals surface area contributed by atoms with Gasteiger partial charge in [-0.15, -0.1) is 11.3 Å². The Morgan fingerprint density at radius 2 is 2.11 bits per heavy atom. The molecule has 0 bridgehead atoms. The van der Waals surface area contributed by atoms with Crippen LogP contribution in [0.5, 0.6) is 11.6 Å². The Kier molecular flexibility index (Phi) is 2.97. The zero-order valence-electron chi connectivity index (χ0n) is 8.93. The first-order chi connectivity index (χ1) is 8.72. The lowest BCUT2D eigenvalue weighted by molar-refractivity contribution is 0.463. The lowest BCUT2D eigenvalue weighted by Crippen LogP contribution is -1.90. The fourth-order valence-corrected chi connectivity index (χ4v) is 2.75. The number of hydrogen-bond acceptors (Lipinski definition) is 4. The summed E-state index contributed by atoms with van der Waals surface area (Å²) in [5.41, 5.74) is 0.820. The first-order valence-electron chi connectivity index (χ1n) is 5.04. The third kappa shape index (κ3) is 2.21. The second-order valence-electron chi connectivity index (χ2n) is 3.52. The zero-order valence-corrected chi connectivity index (χ0v) is 11.3. The summed E-state index contributed by atoms with van der Waals surface area (Å²) in [4.78, 5) is 8.19. The molecule has 0 aliphatic rings. The molecule has 0 N–H and O–H groups in total. The molecular weight excluding hydrogens is 319 g/mol. The number of benzene rings is 1. The van der Waals surface area contributed by atoms with Gasteiger partial charge in [-0.25, -0.2) is 14.4 Å². The Morgan fingerprint density at radius 1 is 1.22 bits per heavy atom. The Labute approximate surface area is 114 Å². The van der Waals surface area contributed by atoms with Gasteiger partial charge in [0, 0.05) is 10.5 Å². The summed E-state index contributed by atoms with van der Waals surface area (Å²) < 4.78 is 20.3. The second kappa shape index (κ2) is 4.62. The van der Waals surface area contributed by atoms with Crippen molar-refractivity contribution in [3.63, 3.8) is 0 Å². The van der Waals surface area contributed by atoms with Crippen LogP contribution in [0, 0.1) is 5.82 Å². The smallest absolute Gasteiger partial charge is 0.240 e. The second-order valence-corrected chi connectivity index (χ2v) is 5.35. The molecular formula is C12H6BrFN2OS. The van der Waals surface area contributed by atoms with Crippen LogP contribution in [0.3, 0.4) is 0 Å². The number of hydrogen-bond donors (Lipinski definition) is 0. The van der Waals surface area contributed by atoms with Crippen LogP contribution in [0.4, 0.5) is 4.39 Å². The maximum atomic E-state index is 13.2. The Hall–Kier alpha value is -1.53. The van der Waals surface area contributed by atoms with Gasteiger partial charge in [0.25, 0.3) is 0 Å². The van der Waals surface area contributed by atoms with Crippen LogP contribution in [0.25, 0.3) is 10.2 Å². The van der Waals surface area contributed by atoms with E-state index in [0.717, 1.165) is 10.2 Å². The molecule has 0 saturated heterocycles. The normalized spacial score (nSPS) is 10.8. The van der Waals surface area contributed by atoms with Crippen molar-refractivity contribution in [3.05, 3.63) is 46.3 Å². The van der Waals surface area contributed by atoms with Crippen LogP contribution in [0.2, 0.25) is 0 Å². The molecule has 0 saturated carbocycles. The number of halogens is 2. The van der Waals surface area contributed by atoms with Crippen LogP contribution in [-0.4, -0.2) is 9.97 Å². The topological polar surface area (TPSA) is 35.0 Å². The van der Waals surface area contributed by atoms with Crippen molar-refractivity contribution in [2.45, 2.75) is 0 Å². The third-order valence-electron chi connectivity index (χ3n) is 2.26. The van der Waals surface area contributed by atoms with E-state index < -0.39 is 0 Å². The highest BCUT2D eigenvalue weighted by Crippen LogP contribution is 2.31. The van der Waals surface area contributed by atoms with Crippen molar-refractivity contribution in [2.24, 2.45) is 0 Å². The Balaban J connectivity index is 2.03. The molecule has 3 rings (SSSR count). The van der Waals surface area contributed by atoms with Gasteiger partial charge in [-0.2, -0.15) is 0 Å². The number of ether oxygens (including phenoxy) is 1. The van der Waals surface area contributed by atoms with Crippen LogP contribution >= 0.6 is 27.3 Å². The molecule has 3 nitrogen and oxygen atoms in total. The van der Waals surface area contributed by atoms with E-state index in [1.165, 1.54) is 29.8 Å². The fraction of sp³-hybridized carbons (Fsp3) is 0. The van der Waals surface area contributed by atoms with E-state index in [0.29, 0.717) is 16.1 Å². The van der Waals surface area contributed by atoms with Crippen molar-refractivity contribution in [1.82, 2.24) is 9.97 Å². The van der Waals surface area contributed by atoms with Crippen LogP contribution in [0.15, 0.2) is 40.4 Å². The summed E-state index contributed by atoms with van der Waals surface area (Å²) in [6.07, 6.45) is 1.43. The molecule has 0 amide bonds. The summed E-state index contributed by atoms with van der Waals surface area (Å²) in [7, 11) is 0. The molecule has 1 aromatic carbocycles. The van der Waals surface area contributed by atoms with Gasteiger partial charge in [-0.3, -0.25) is 0 Å². The molecule has 0 unspecified atom stereocenters. The van der Waals surface area contributed by atoms with E-state index in [1.54, 1.807) is 6.07 Å². The van der Waals surface area contributed by atoms with Crippen molar-refractivity contribution < 1.29 is 9.13 Å². The van der Waals surface area contributed by atoms with Gasteiger partial charge in [0.1, 0.15) is 22.6 Å². The molecule has 90 valence electrons. The van der Waals surface area contributed by atoms with Gasteiger partial charge >= 0.3 is 0 Å². The molecule has 6 heteroatoms. The molecule has 0 radical (unpaired) electrons. The lowest BCUT2D eigenvalue weighted by Gasteiger charge is -2.05.